The van der Waals surface area contributed by atoms with Gasteiger partial charge in [-0.05, 0) is 61.4 Å². The highest BCUT2D eigenvalue weighted by molar-refractivity contribution is 6.01. The molecule has 2 aromatic carbocycles. The Kier molecular flexibility index (Phi) is 12.8. The predicted molar refractivity (Wildman–Crippen MR) is 180 cm³/mol. The molecule has 51 heavy (non-hydrogen) atoms. The zero-order chi connectivity index (χ0) is 36.9. The number of rotatable bonds is 15. The minimum Gasteiger partial charge on any atom is -0.394 e. The van der Waals surface area contributed by atoms with Crippen molar-refractivity contribution in [3.63, 3.8) is 0 Å². The number of urea groups is 1. The van der Waals surface area contributed by atoms with Crippen molar-refractivity contribution in [3.8, 4) is 0 Å². The van der Waals surface area contributed by atoms with Crippen molar-refractivity contribution < 1.29 is 52.7 Å². The van der Waals surface area contributed by atoms with Crippen molar-refractivity contribution in [3.05, 3.63) is 59.2 Å². The second kappa shape index (κ2) is 16.9. The third-order valence-corrected chi connectivity index (χ3v) is 9.76. The summed E-state index contributed by atoms with van der Waals surface area (Å²) in [5.41, 5.74) is 1.41. The summed E-state index contributed by atoms with van der Waals surface area (Å²) < 4.78 is 57.3. The topological polar surface area (TPSA) is 169 Å². The predicted octanol–water partition coefficient (Wildman–Crippen LogP) is 1.69. The number of hydrogen-bond acceptors (Lipinski definition) is 9. The number of nitrogens with zero attached hydrogens (tertiary/aromatic N) is 3. The fraction of sp³-hybridized carbons (Fsp3) is 0.600. The van der Waals surface area contributed by atoms with Gasteiger partial charge in [-0.3, -0.25) is 9.69 Å². The molecule has 1 saturated carbocycles. The third-order valence-electron chi connectivity index (χ3n) is 9.76. The first-order valence-electron chi connectivity index (χ1n) is 17.4. The molecule has 0 bridgehead atoms. The maximum atomic E-state index is 14.9. The molecule has 5 rings (SSSR count). The number of halogens is 4. The maximum absolute atomic E-state index is 14.9. The van der Waals surface area contributed by atoms with Gasteiger partial charge in [-0.15, -0.1) is 0 Å². The van der Waals surface area contributed by atoms with Crippen LogP contribution in [-0.4, -0.2) is 124 Å². The lowest BCUT2D eigenvalue weighted by Crippen LogP contribution is -2.51. The summed E-state index contributed by atoms with van der Waals surface area (Å²) in [6.07, 6.45) is -9.52. The van der Waals surface area contributed by atoms with Crippen LogP contribution in [0, 0.1) is 0 Å². The second-order valence-corrected chi connectivity index (χ2v) is 13.6. The molecule has 12 nitrogen and oxygen atoms in total. The van der Waals surface area contributed by atoms with Crippen molar-refractivity contribution in [1.29, 1.82) is 0 Å². The van der Waals surface area contributed by atoms with Crippen LogP contribution in [0.1, 0.15) is 48.8 Å². The number of para-hydroxylation sites is 2. The summed E-state index contributed by atoms with van der Waals surface area (Å²) >= 11 is 0. The van der Waals surface area contributed by atoms with Crippen LogP contribution >= 0.6 is 0 Å². The Hall–Kier alpha value is -3.54. The molecule has 2 heterocycles. The number of anilines is 2. The smallest absolute Gasteiger partial charge is 0.394 e. The van der Waals surface area contributed by atoms with E-state index in [9.17, 15) is 47.6 Å². The number of benzene rings is 2. The van der Waals surface area contributed by atoms with E-state index in [1.807, 2.05) is 24.3 Å². The molecule has 0 unspecified atom stereocenters. The van der Waals surface area contributed by atoms with E-state index in [-0.39, 0.29) is 37.5 Å². The highest BCUT2D eigenvalue weighted by atomic mass is 19.4. The van der Waals surface area contributed by atoms with Crippen LogP contribution in [0.2, 0.25) is 0 Å². The van der Waals surface area contributed by atoms with E-state index in [0.717, 1.165) is 30.3 Å². The van der Waals surface area contributed by atoms with Crippen molar-refractivity contribution in [2.75, 3.05) is 49.1 Å². The van der Waals surface area contributed by atoms with E-state index < -0.39 is 67.6 Å². The van der Waals surface area contributed by atoms with Gasteiger partial charge in [0.1, 0.15) is 24.5 Å². The molecule has 3 aliphatic rings. The molecule has 0 spiro atoms. The van der Waals surface area contributed by atoms with E-state index in [2.05, 4.69) is 15.5 Å². The van der Waals surface area contributed by atoms with Gasteiger partial charge in [0, 0.05) is 51.7 Å². The number of hydrogen-bond donors (Lipinski definition) is 7. The van der Waals surface area contributed by atoms with E-state index in [1.54, 1.807) is 4.90 Å². The van der Waals surface area contributed by atoms with E-state index in [1.165, 1.54) is 17.0 Å². The van der Waals surface area contributed by atoms with Gasteiger partial charge in [-0.2, -0.15) is 13.2 Å². The normalized spacial score (nSPS) is 21.9. The average Bonchev–Trinajstić information content (AvgIpc) is 3.89. The highest BCUT2D eigenvalue weighted by Gasteiger charge is 2.43. The number of carbonyl (C=O) groups excluding carboxylic acids is 2. The molecule has 282 valence electrons. The SMILES string of the molecule is O=C(NCCCCc1ccc(C(F)(F)F)c(CN2C[C@H](F)C[C@H]2C(=O)N2CCN(C3CC3)c3ccccc32)c1)NC[C@H](O)[C@@H](O)[C@H](O)[C@H](O)CO. The first-order valence-corrected chi connectivity index (χ1v) is 17.4. The number of unbranched alkanes of at least 4 members (excludes halogenated alkanes) is 1. The summed E-state index contributed by atoms with van der Waals surface area (Å²) in [7, 11) is 0. The van der Waals surface area contributed by atoms with Crippen LogP contribution in [0.5, 0.6) is 0 Å². The standard InChI is InChI=1S/C35H47F4N5O7/c36-23-16-28(33(50)44-14-13-43(24-9-10-24)26-6-1-2-7-27(26)44)42(19-23)18-22-15-21(8-11-25(22)35(37,38)39)5-3-4-12-40-34(51)41-17-29(46)31(48)32(49)30(47)20-45/h1-2,6-8,11,15,23-24,28-32,45-49H,3-5,9-10,12-14,16-20H2,(H2,40,41,51)/t23-,28+,29+,30-,31-,32-/m1/s1. The monoisotopic (exact) mass is 725 g/mol. The number of nitrogens with one attached hydrogen (secondary N) is 2. The van der Waals surface area contributed by atoms with Crippen molar-refractivity contribution in [1.82, 2.24) is 15.5 Å². The van der Waals surface area contributed by atoms with Crippen LogP contribution in [0.3, 0.4) is 0 Å². The number of carbonyl (C=O) groups is 2. The van der Waals surface area contributed by atoms with Crippen LogP contribution in [0.15, 0.2) is 42.5 Å². The second-order valence-electron chi connectivity index (χ2n) is 13.6. The van der Waals surface area contributed by atoms with Crippen molar-refractivity contribution >= 4 is 23.3 Å². The number of likely N-dealkylation sites (tertiary alicyclic amines) is 1. The minimum atomic E-state index is -4.65. The zero-order valence-corrected chi connectivity index (χ0v) is 28.2. The van der Waals surface area contributed by atoms with E-state index in [0.29, 0.717) is 44.0 Å². The molecule has 0 radical (unpaired) electrons. The number of alkyl halides is 4. The molecule has 2 fully saturated rings. The lowest BCUT2D eigenvalue weighted by atomic mass is 9.99. The lowest BCUT2D eigenvalue weighted by Gasteiger charge is -2.40. The van der Waals surface area contributed by atoms with Gasteiger partial charge in [0.05, 0.1) is 35.7 Å². The zero-order valence-electron chi connectivity index (χ0n) is 28.2. The third kappa shape index (κ3) is 9.67. The molecule has 6 atom stereocenters. The van der Waals surface area contributed by atoms with Crippen LogP contribution in [0.4, 0.5) is 33.7 Å². The van der Waals surface area contributed by atoms with Crippen molar-refractivity contribution in [2.45, 2.75) is 93.9 Å². The van der Waals surface area contributed by atoms with Crippen LogP contribution in [0.25, 0.3) is 0 Å². The van der Waals surface area contributed by atoms with Crippen LogP contribution in [-0.2, 0) is 23.9 Å². The number of fused-ring (bicyclic) bond motifs is 1. The fourth-order valence-electron chi connectivity index (χ4n) is 6.87. The summed E-state index contributed by atoms with van der Waals surface area (Å²) in [6, 6.07) is 10.3. The average molecular weight is 726 g/mol. The summed E-state index contributed by atoms with van der Waals surface area (Å²) in [5.74, 6) is -0.317. The molecular formula is C35H47F4N5O7. The van der Waals surface area contributed by atoms with Gasteiger partial charge in [-0.25, -0.2) is 9.18 Å². The largest absolute Gasteiger partial charge is 0.416 e. The van der Waals surface area contributed by atoms with Crippen LogP contribution < -0.4 is 20.4 Å². The van der Waals surface area contributed by atoms with Gasteiger partial charge in [0.15, 0.2) is 0 Å². The van der Waals surface area contributed by atoms with E-state index >= 15 is 0 Å². The number of aliphatic hydroxyl groups excluding tert-OH is 5. The first-order chi connectivity index (χ1) is 24.3. The summed E-state index contributed by atoms with van der Waals surface area (Å²) in [4.78, 5) is 31.5. The van der Waals surface area contributed by atoms with Crippen molar-refractivity contribution in [2.24, 2.45) is 0 Å². The first kappa shape index (κ1) is 38.7. The Balaban J connectivity index is 1.16. The van der Waals surface area contributed by atoms with Gasteiger partial charge < -0.3 is 46.0 Å². The Labute approximate surface area is 293 Å². The van der Waals surface area contributed by atoms with E-state index in [4.69, 9.17) is 5.11 Å². The Morgan fingerprint density at radius 2 is 1.63 bits per heavy atom. The Morgan fingerprint density at radius 3 is 2.31 bits per heavy atom. The fourth-order valence-corrected chi connectivity index (χ4v) is 6.87. The van der Waals surface area contributed by atoms with Gasteiger partial charge in [-0.1, -0.05) is 24.3 Å². The quantitative estimate of drug-likeness (QED) is 0.107. The maximum Gasteiger partial charge on any atom is 0.416 e. The van der Waals surface area contributed by atoms with Gasteiger partial charge in [0.25, 0.3) is 0 Å². The Bertz CT molecular complexity index is 1500. The molecule has 2 aromatic rings. The lowest BCUT2D eigenvalue weighted by molar-refractivity contribution is -0.138. The molecule has 1 aliphatic carbocycles. The van der Waals surface area contributed by atoms with Gasteiger partial charge >= 0.3 is 12.2 Å². The minimum absolute atomic E-state index is 0.0410. The molecule has 16 heteroatoms. The molecule has 1 saturated heterocycles. The molecule has 7 N–H and O–H groups in total. The number of amides is 3. The molecule has 0 aromatic heterocycles. The summed E-state index contributed by atoms with van der Waals surface area (Å²) in [6.45, 7) is -0.446. The number of aliphatic hydroxyl groups is 5. The molecule has 2 aliphatic heterocycles. The molecule has 3 amide bonds. The number of aryl methyl sites for hydroxylation is 1. The highest BCUT2D eigenvalue weighted by Crippen LogP contribution is 2.41. The summed E-state index contributed by atoms with van der Waals surface area (Å²) in [5, 5.41) is 52.5. The molecular weight excluding hydrogens is 678 g/mol. The Morgan fingerprint density at radius 1 is 0.922 bits per heavy atom. The van der Waals surface area contributed by atoms with Gasteiger partial charge in [0.2, 0.25) is 5.91 Å².